The third-order valence-corrected chi connectivity index (χ3v) is 1.52. The summed E-state index contributed by atoms with van der Waals surface area (Å²) < 4.78 is 5.06. The van der Waals surface area contributed by atoms with Crippen LogP contribution in [0.5, 0.6) is 0 Å². The van der Waals surface area contributed by atoms with Gasteiger partial charge in [0.15, 0.2) is 0 Å². The van der Waals surface area contributed by atoms with Crippen LogP contribution in [0.1, 0.15) is 34.1 Å². The van der Waals surface area contributed by atoms with E-state index in [1.165, 1.54) is 0 Å². The number of carbonyl (C=O) groups is 1. The van der Waals surface area contributed by atoms with Gasteiger partial charge in [-0.15, -0.1) is 11.6 Å². The van der Waals surface area contributed by atoms with Crippen LogP contribution in [0.4, 0.5) is 4.79 Å². The van der Waals surface area contributed by atoms with Crippen LogP contribution in [-0.4, -0.2) is 23.6 Å². The topological polar surface area (TPSA) is 38.3 Å². The van der Waals surface area contributed by atoms with Crippen molar-refractivity contribution in [2.45, 2.75) is 45.8 Å². The molecule has 78 valence electrons. The normalized spacial score (nSPS) is 13.6. The molecule has 0 aromatic rings. The Bertz CT molecular complexity index is 165. The first kappa shape index (κ1) is 12.6. The smallest absolute Gasteiger partial charge is 0.407 e. The molecule has 0 rings (SSSR count). The van der Waals surface area contributed by atoms with Gasteiger partial charge in [-0.05, 0) is 34.1 Å². The molecule has 0 aromatic carbocycles. The molecule has 0 saturated heterocycles. The first-order valence-corrected chi connectivity index (χ1v) is 4.94. The van der Waals surface area contributed by atoms with Crippen molar-refractivity contribution in [3.8, 4) is 0 Å². The average Bonchev–Trinajstić information content (AvgIpc) is 1.81. The summed E-state index contributed by atoms with van der Waals surface area (Å²) >= 11 is 5.52. The molecule has 0 spiro atoms. The number of halogens is 1. The number of alkyl carbamates (subject to hydrolysis) is 1. The molecule has 0 heterocycles. The molecule has 0 saturated carbocycles. The summed E-state index contributed by atoms with van der Waals surface area (Å²) in [6, 6.07) is 0.0624. The molecular formula is C9H18ClNO2. The van der Waals surface area contributed by atoms with Crippen LogP contribution in [0.15, 0.2) is 0 Å². The second-order valence-corrected chi connectivity index (χ2v) is 4.40. The van der Waals surface area contributed by atoms with Gasteiger partial charge < -0.3 is 10.1 Å². The van der Waals surface area contributed by atoms with Crippen molar-refractivity contribution >= 4 is 17.7 Å². The minimum absolute atomic E-state index is 0.0624. The zero-order valence-corrected chi connectivity index (χ0v) is 9.44. The quantitative estimate of drug-likeness (QED) is 0.723. The summed E-state index contributed by atoms with van der Waals surface area (Å²) in [5.41, 5.74) is -0.440. The Morgan fingerprint density at radius 2 is 2.08 bits per heavy atom. The van der Waals surface area contributed by atoms with Gasteiger partial charge in [-0.3, -0.25) is 0 Å². The molecule has 1 amide bonds. The number of alkyl halides is 1. The SMILES string of the molecule is CC(CCCl)NC(=O)OC(C)(C)C. The third-order valence-electron chi connectivity index (χ3n) is 1.31. The van der Waals surface area contributed by atoms with Gasteiger partial charge in [0.25, 0.3) is 0 Å². The molecule has 0 fully saturated rings. The Hall–Kier alpha value is -0.440. The van der Waals surface area contributed by atoms with Crippen molar-refractivity contribution in [2.24, 2.45) is 0 Å². The molecule has 0 aliphatic heterocycles. The summed E-state index contributed by atoms with van der Waals surface area (Å²) in [7, 11) is 0. The van der Waals surface area contributed by atoms with Crippen molar-refractivity contribution in [1.82, 2.24) is 5.32 Å². The highest BCUT2D eigenvalue weighted by molar-refractivity contribution is 6.17. The van der Waals surface area contributed by atoms with Gasteiger partial charge in [-0.1, -0.05) is 0 Å². The molecule has 0 aliphatic carbocycles. The van der Waals surface area contributed by atoms with Crippen LogP contribution >= 0.6 is 11.6 Å². The van der Waals surface area contributed by atoms with Crippen LogP contribution in [0, 0.1) is 0 Å². The van der Waals surface area contributed by atoms with Crippen molar-refractivity contribution in [3.05, 3.63) is 0 Å². The highest BCUT2D eigenvalue weighted by atomic mass is 35.5. The highest BCUT2D eigenvalue weighted by Crippen LogP contribution is 2.07. The standard InChI is InChI=1S/C9H18ClNO2/c1-7(5-6-10)11-8(12)13-9(2,3)4/h7H,5-6H2,1-4H3,(H,11,12). The van der Waals surface area contributed by atoms with Gasteiger partial charge in [0, 0.05) is 11.9 Å². The van der Waals surface area contributed by atoms with E-state index in [2.05, 4.69) is 5.32 Å². The largest absolute Gasteiger partial charge is 0.444 e. The van der Waals surface area contributed by atoms with Crippen LogP contribution < -0.4 is 5.32 Å². The number of hydrogen-bond acceptors (Lipinski definition) is 2. The van der Waals surface area contributed by atoms with Crippen molar-refractivity contribution in [3.63, 3.8) is 0 Å². The maximum atomic E-state index is 11.2. The van der Waals surface area contributed by atoms with Crippen LogP contribution in [0.25, 0.3) is 0 Å². The molecule has 3 nitrogen and oxygen atoms in total. The van der Waals surface area contributed by atoms with Gasteiger partial charge in [0.2, 0.25) is 0 Å². The van der Waals surface area contributed by atoms with E-state index in [0.717, 1.165) is 6.42 Å². The molecule has 0 bridgehead atoms. The molecular weight excluding hydrogens is 190 g/mol. The van der Waals surface area contributed by atoms with Crippen LogP contribution in [0.2, 0.25) is 0 Å². The van der Waals surface area contributed by atoms with E-state index in [0.29, 0.717) is 5.88 Å². The molecule has 0 aromatic heterocycles. The average molecular weight is 208 g/mol. The molecule has 0 aliphatic rings. The van der Waals surface area contributed by atoms with Gasteiger partial charge in [-0.25, -0.2) is 4.79 Å². The second kappa shape index (κ2) is 5.32. The minimum Gasteiger partial charge on any atom is -0.444 e. The summed E-state index contributed by atoms with van der Waals surface area (Å²) in [5, 5.41) is 2.69. The summed E-state index contributed by atoms with van der Waals surface area (Å²) in [5.74, 6) is 0.539. The first-order chi connectivity index (χ1) is 5.85. The zero-order valence-electron chi connectivity index (χ0n) is 8.69. The molecule has 4 heteroatoms. The van der Waals surface area contributed by atoms with Gasteiger partial charge in [-0.2, -0.15) is 0 Å². The van der Waals surface area contributed by atoms with Gasteiger partial charge in [0.05, 0.1) is 0 Å². The molecule has 1 atom stereocenters. The van der Waals surface area contributed by atoms with E-state index >= 15 is 0 Å². The monoisotopic (exact) mass is 207 g/mol. The molecule has 1 unspecified atom stereocenters. The van der Waals surface area contributed by atoms with Crippen LogP contribution in [-0.2, 0) is 4.74 Å². The lowest BCUT2D eigenvalue weighted by atomic mass is 10.2. The van der Waals surface area contributed by atoms with Crippen molar-refractivity contribution in [1.29, 1.82) is 0 Å². The Balaban J connectivity index is 3.74. The van der Waals surface area contributed by atoms with Crippen molar-refractivity contribution in [2.75, 3.05) is 5.88 Å². The Labute approximate surface area is 84.8 Å². The number of nitrogens with one attached hydrogen (secondary N) is 1. The van der Waals surface area contributed by atoms with E-state index in [4.69, 9.17) is 16.3 Å². The lowest BCUT2D eigenvalue weighted by Gasteiger charge is -2.21. The Morgan fingerprint density at radius 3 is 2.46 bits per heavy atom. The van der Waals surface area contributed by atoms with E-state index in [1.54, 1.807) is 0 Å². The van der Waals surface area contributed by atoms with Gasteiger partial charge >= 0.3 is 6.09 Å². The summed E-state index contributed by atoms with van der Waals surface area (Å²) in [6.07, 6.45) is 0.367. The third kappa shape index (κ3) is 7.91. The fourth-order valence-electron chi connectivity index (χ4n) is 0.745. The molecule has 1 N–H and O–H groups in total. The number of ether oxygens (including phenoxy) is 1. The highest BCUT2D eigenvalue weighted by Gasteiger charge is 2.17. The Morgan fingerprint density at radius 1 is 1.54 bits per heavy atom. The second-order valence-electron chi connectivity index (χ2n) is 4.02. The maximum Gasteiger partial charge on any atom is 0.407 e. The van der Waals surface area contributed by atoms with Crippen LogP contribution in [0.3, 0.4) is 0 Å². The fraction of sp³-hybridized carbons (Fsp3) is 0.889. The molecule has 13 heavy (non-hydrogen) atoms. The first-order valence-electron chi connectivity index (χ1n) is 4.40. The number of rotatable bonds is 3. The van der Waals surface area contributed by atoms with E-state index in [-0.39, 0.29) is 12.1 Å². The predicted octanol–water partition coefficient (Wildman–Crippen LogP) is 2.53. The summed E-state index contributed by atoms with van der Waals surface area (Å²) in [4.78, 5) is 11.2. The fourth-order valence-corrected chi connectivity index (χ4v) is 1.07. The minimum atomic E-state index is -0.440. The van der Waals surface area contributed by atoms with Crippen molar-refractivity contribution < 1.29 is 9.53 Å². The number of carbonyl (C=O) groups excluding carboxylic acids is 1. The zero-order chi connectivity index (χ0) is 10.5. The lowest BCUT2D eigenvalue weighted by molar-refractivity contribution is 0.0508. The molecule has 0 radical (unpaired) electrons. The van der Waals surface area contributed by atoms with Gasteiger partial charge in [0.1, 0.15) is 5.60 Å². The number of hydrogen-bond donors (Lipinski definition) is 1. The van der Waals surface area contributed by atoms with E-state index in [9.17, 15) is 4.79 Å². The predicted molar refractivity (Wildman–Crippen MR) is 54.2 cm³/mol. The lowest BCUT2D eigenvalue weighted by Crippen LogP contribution is -2.37. The number of amides is 1. The van der Waals surface area contributed by atoms with E-state index in [1.807, 2.05) is 27.7 Å². The summed E-state index contributed by atoms with van der Waals surface area (Å²) in [6.45, 7) is 7.39. The van der Waals surface area contributed by atoms with E-state index < -0.39 is 5.60 Å². The Kier molecular flexibility index (Phi) is 5.14. The maximum absolute atomic E-state index is 11.2.